The molecule has 1 N–H and O–H groups in total. The number of ether oxygens (including phenoxy) is 1. The van der Waals surface area contributed by atoms with Gasteiger partial charge in [-0.15, -0.1) is 6.58 Å². The maximum atomic E-state index is 12.9. The summed E-state index contributed by atoms with van der Waals surface area (Å²) >= 11 is 1.27. The van der Waals surface area contributed by atoms with E-state index in [0.717, 1.165) is 10.2 Å². The molecule has 0 aliphatic carbocycles. The van der Waals surface area contributed by atoms with Gasteiger partial charge in [0.1, 0.15) is 0 Å². The third-order valence-electron chi connectivity index (χ3n) is 5.14. The van der Waals surface area contributed by atoms with Crippen molar-refractivity contribution in [3.63, 3.8) is 0 Å². The minimum absolute atomic E-state index is 0.141. The molecular formula is C26H23N3O5S2. The molecule has 0 fully saturated rings. The van der Waals surface area contributed by atoms with Crippen molar-refractivity contribution in [3.8, 4) is 0 Å². The van der Waals surface area contributed by atoms with Gasteiger partial charge in [-0.05, 0) is 61.5 Å². The lowest BCUT2D eigenvalue weighted by atomic mass is 10.2. The van der Waals surface area contributed by atoms with Crippen LogP contribution in [-0.2, 0) is 21.3 Å². The average molecular weight is 522 g/mol. The molecule has 8 nitrogen and oxygen atoms in total. The third-order valence-corrected chi connectivity index (χ3v) is 7.58. The van der Waals surface area contributed by atoms with Gasteiger partial charge in [0.15, 0.2) is 4.80 Å². The maximum Gasteiger partial charge on any atom is 0.338 e. The number of hydrogen-bond acceptors (Lipinski definition) is 6. The fourth-order valence-electron chi connectivity index (χ4n) is 3.45. The first-order valence-corrected chi connectivity index (χ1v) is 13.3. The molecule has 36 heavy (non-hydrogen) atoms. The quantitative estimate of drug-likeness (QED) is 0.269. The van der Waals surface area contributed by atoms with Gasteiger partial charge in [-0.25, -0.2) is 13.2 Å². The number of thiazole rings is 1. The molecule has 1 amide bonds. The Balaban J connectivity index is 1.62. The molecule has 1 heterocycles. The number of anilines is 1. The molecule has 4 aromatic rings. The van der Waals surface area contributed by atoms with Gasteiger partial charge in [0, 0.05) is 17.8 Å². The number of hydrogen-bond donors (Lipinski definition) is 1. The van der Waals surface area contributed by atoms with Crippen molar-refractivity contribution >= 4 is 49.1 Å². The number of nitrogens with one attached hydrogen (secondary N) is 1. The van der Waals surface area contributed by atoms with Crippen LogP contribution in [0.3, 0.4) is 0 Å². The highest BCUT2D eigenvalue weighted by atomic mass is 32.2. The summed E-state index contributed by atoms with van der Waals surface area (Å²) in [5, 5.41) is 0. The Kier molecular flexibility index (Phi) is 7.47. The number of benzene rings is 3. The molecule has 0 bridgehead atoms. The molecule has 10 heteroatoms. The minimum Gasteiger partial charge on any atom is -0.462 e. The molecule has 0 atom stereocenters. The molecule has 3 aromatic carbocycles. The highest BCUT2D eigenvalue weighted by Gasteiger charge is 2.15. The van der Waals surface area contributed by atoms with Crippen molar-refractivity contribution in [3.05, 3.63) is 101 Å². The summed E-state index contributed by atoms with van der Waals surface area (Å²) < 4.78 is 35.2. The molecular weight excluding hydrogens is 498 g/mol. The second-order valence-corrected chi connectivity index (χ2v) is 10.3. The van der Waals surface area contributed by atoms with Gasteiger partial charge in [-0.1, -0.05) is 35.6 Å². The fraction of sp³-hybridized carbons (Fsp3) is 0.115. The van der Waals surface area contributed by atoms with Crippen molar-refractivity contribution in [2.24, 2.45) is 4.99 Å². The van der Waals surface area contributed by atoms with E-state index in [4.69, 9.17) is 4.74 Å². The van der Waals surface area contributed by atoms with Crippen molar-refractivity contribution in [1.82, 2.24) is 4.57 Å². The fourth-order valence-corrected chi connectivity index (χ4v) is 5.61. The Morgan fingerprint density at radius 2 is 1.75 bits per heavy atom. The van der Waals surface area contributed by atoms with Crippen LogP contribution < -0.4 is 9.52 Å². The van der Waals surface area contributed by atoms with Gasteiger partial charge < -0.3 is 9.30 Å². The summed E-state index contributed by atoms with van der Waals surface area (Å²) in [6, 6.07) is 19.2. The molecule has 0 aliphatic rings. The molecule has 0 spiro atoms. The molecule has 0 saturated heterocycles. The topological polar surface area (TPSA) is 107 Å². The zero-order valence-corrected chi connectivity index (χ0v) is 21.0. The van der Waals surface area contributed by atoms with Gasteiger partial charge in [0.05, 0.1) is 27.3 Å². The monoisotopic (exact) mass is 521 g/mol. The van der Waals surface area contributed by atoms with Crippen molar-refractivity contribution in [2.45, 2.75) is 18.4 Å². The summed E-state index contributed by atoms with van der Waals surface area (Å²) in [6.07, 6.45) is 1.70. The largest absolute Gasteiger partial charge is 0.462 e. The minimum atomic E-state index is -3.74. The lowest BCUT2D eigenvalue weighted by molar-refractivity contribution is 0.0526. The number of sulfonamides is 1. The highest BCUT2D eigenvalue weighted by molar-refractivity contribution is 7.92. The van der Waals surface area contributed by atoms with Crippen LogP contribution in [0, 0.1) is 0 Å². The molecule has 4 rings (SSSR count). The number of aromatic nitrogens is 1. The second-order valence-electron chi connectivity index (χ2n) is 7.60. The second kappa shape index (κ2) is 10.7. The summed E-state index contributed by atoms with van der Waals surface area (Å²) in [5.74, 6) is -0.900. The molecule has 184 valence electrons. The average Bonchev–Trinajstić information content (AvgIpc) is 3.21. The number of carbonyl (C=O) groups is 2. The first-order chi connectivity index (χ1) is 17.3. The number of carbonyl (C=O) groups excluding carboxylic acids is 2. The van der Waals surface area contributed by atoms with Gasteiger partial charge in [-0.2, -0.15) is 4.99 Å². The smallest absolute Gasteiger partial charge is 0.338 e. The van der Waals surface area contributed by atoms with Crippen LogP contribution >= 0.6 is 11.3 Å². The first kappa shape index (κ1) is 25.1. The molecule has 0 aliphatic heterocycles. The van der Waals surface area contributed by atoms with Gasteiger partial charge in [0.2, 0.25) is 0 Å². The number of rotatable bonds is 8. The Labute approximate surface area is 212 Å². The zero-order valence-electron chi connectivity index (χ0n) is 19.4. The lowest BCUT2D eigenvalue weighted by Gasteiger charge is -2.08. The first-order valence-electron chi connectivity index (χ1n) is 11.0. The summed E-state index contributed by atoms with van der Waals surface area (Å²) in [5.41, 5.74) is 1.85. The van der Waals surface area contributed by atoms with Gasteiger partial charge >= 0.3 is 5.97 Å². The number of amides is 1. The van der Waals surface area contributed by atoms with E-state index in [1.807, 2.05) is 4.57 Å². The van der Waals surface area contributed by atoms with Crippen molar-refractivity contribution in [1.29, 1.82) is 0 Å². The zero-order chi connectivity index (χ0) is 25.7. The Morgan fingerprint density at radius 3 is 2.42 bits per heavy atom. The predicted molar refractivity (Wildman–Crippen MR) is 140 cm³/mol. The SMILES string of the molecule is C=CCn1c(=NC(=O)c2ccc(NS(=O)(=O)c3ccccc3)cc2)sc2cc(C(=O)OCC)ccc21. The van der Waals surface area contributed by atoms with E-state index in [9.17, 15) is 18.0 Å². The normalized spacial score (nSPS) is 11.9. The van der Waals surface area contributed by atoms with Crippen LogP contribution in [0.4, 0.5) is 5.69 Å². The van der Waals surface area contributed by atoms with E-state index in [1.165, 1.54) is 47.7 Å². The molecule has 1 aromatic heterocycles. The lowest BCUT2D eigenvalue weighted by Crippen LogP contribution is -2.16. The summed E-state index contributed by atoms with van der Waals surface area (Å²) in [6.45, 7) is 6.22. The van der Waals surface area contributed by atoms with E-state index < -0.39 is 21.9 Å². The van der Waals surface area contributed by atoms with Crippen LogP contribution in [0.25, 0.3) is 10.2 Å². The van der Waals surface area contributed by atoms with Crippen molar-refractivity contribution in [2.75, 3.05) is 11.3 Å². The standard InChI is InChI=1S/C26H23N3O5S2/c1-3-16-29-22-15-12-19(25(31)34-4-2)17-23(22)35-26(29)27-24(30)18-10-13-20(14-11-18)28-36(32,33)21-8-6-5-7-9-21/h3,5-15,17,28H,1,4,16H2,2H3. The van der Waals surface area contributed by atoms with E-state index in [-0.39, 0.29) is 11.5 Å². The number of esters is 1. The Bertz CT molecular complexity index is 1600. The molecule has 0 unspecified atom stereocenters. The predicted octanol–water partition coefficient (Wildman–Crippen LogP) is 4.61. The Morgan fingerprint density at radius 1 is 1.06 bits per heavy atom. The number of allylic oxidation sites excluding steroid dienone is 1. The van der Waals surface area contributed by atoms with E-state index in [1.54, 1.807) is 49.4 Å². The van der Waals surface area contributed by atoms with Crippen LogP contribution in [0.2, 0.25) is 0 Å². The van der Waals surface area contributed by atoms with Crippen LogP contribution in [0.15, 0.2) is 95.3 Å². The van der Waals surface area contributed by atoms with Gasteiger partial charge in [-0.3, -0.25) is 9.52 Å². The summed E-state index contributed by atoms with van der Waals surface area (Å²) in [4.78, 5) is 29.9. The third kappa shape index (κ3) is 5.45. The van der Waals surface area contributed by atoms with Crippen molar-refractivity contribution < 1.29 is 22.7 Å². The van der Waals surface area contributed by atoms with Crippen LogP contribution in [0.5, 0.6) is 0 Å². The molecule has 0 saturated carbocycles. The maximum absolute atomic E-state index is 12.9. The van der Waals surface area contributed by atoms with Crippen LogP contribution in [0.1, 0.15) is 27.6 Å². The summed E-state index contributed by atoms with van der Waals surface area (Å²) in [7, 11) is -3.74. The van der Waals surface area contributed by atoms with E-state index in [0.29, 0.717) is 28.2 Å². The number of fused-ring (bicyclic) bond motifs is 1. The Hall–Kier alpha value is -4.02. The van der Waals surface area contributed by atoms with Crippen LogP contribution in [-0.4, -0.2) is 31.5 Å². The molecule has 0 radical (unpaired) electrons. The van der Waals surface area contributed by atoms with E-state index in [2.05, 4.69) is 16.3 Å². The highest BCUT2D eigenvalue weighted by Crippen LogP contribution is 2.21. The number of nitrogens with zero attached hydrogens (tertiary/aromatic N) is 2. The van der Waals surface area contributed by atoms with E-state index >= 15 is 0 Å². The van der Waals surface area contributed by atoms with Gasteiger partial charge in [0.25, 0.3) is 15.9 Å².